The molecule has 0 amide bonds. The van der Waals surface area contributed by atoms with E-state index in [-0.39, 0.29) is 0 Å². The molecule has 0 aliphatic carbocycles. The number of hydrogen-bond donors (Lipinski definition) is 0. The van der Waals surface area contributed by atoms with Crippen molar-refractivity contribution in [3.8, 4) is 33.4 Å². The zero-order chi connectivity index (χ0) is 24.9. The maximum atomic E-state index is 2.33. The lowest BCUT2D eigenvalue weighted by molar-refractivity contribution is 1.28. The first kappa shape index (κ1) is 22.6. The molecule has 0 N–H and O–H groups in total. The van der Waals surface area contributed by atoms with Crippen molar-refractivity contribution in [2.45, 2.75) is 0 Å². The lowest BCUT2D eigenvalue weighted by Gasteiger charge is -2.26. The molecule has 0 aliphatic rings. The molecule has 1 nitrogen and oxygen atoms in total. The first-order valence-electron chi connectivity index (χ1n) is 12.6. The summed E-state index contributed by atoms with van der Waals surface area (Å²) in [5.41, 5.74) is 10.6. The largest absolute Gasteiger partial charge is 0.310 e. The van der Waals surface area contributed by atoms with Crippen molar-refractivity contribution in [2.24, 2.45) is 0 Å². The van der Waals surface area contributed by atoms with E-state index in [0.29, 0.717) is 0 Å². The minimum atomic E-state index is 1.12. The van der Waals surface area contributed by atoms with E-state index in [1.807, 2.05) is 0 Å². The van der Waals surface area contributed by atoms with Crippen LogP contribution < -0.4 is 4.90 Å². The van der Waals surface area contributed by atoms with Gasteiger partial charge in [-0.1, -0.05) is 127 Å². The molecule has 6 rings (SSSR count). The fraction of sp³-hybridized carbons (Fsp3) is 0. The second-order valence-corrected chi connectivity index (χ2v) is 9.08. The van der Waals surface area contributed by atoms with Crippen LogP contribution in [0.4, 0.5) is 17.1 Å². The number of nitrogens with zero attached hydrogens (tertiary/aromatic N) is 1. The molecule has 0 atom stereocenters. The molecule has 0 heterocycles. The van der Waals surface area contributed by atoms with Crippen LogP contribution >= 0.6 is 0 Å². The first-order valence-corrected chi connectivity index (χ1v) is 12.6. The molecule has 0 saturated heterocycles. The topological polar surface area (TPSA) is 3.24 Å². The van der Waals surface area contributed by atoms with E-state index in [9.17, 15) is 0 Å². The molecular weight excluding hydrogens is 446 g/mol. The zero-order valence-corrected chi connectivity index (χ0v) is 20.5. The summed E-state index contributed by atoms with van der Waals surface area (Å²) in [4.78, 5) is 2.33. The van der Waals surface area contributed by atoms with E-state index in [0.717, 1.165) is 17.1 Å². The minimum Gasteiger partial charge on any atom is -0.310 e. The summed E-state index contributed by atoms with van der Waals surface area (Å²) in [5, 5.41) is 0. The molecule has 0 radical (unpaired) electrons. The lowest BCUT2D eigenvalue weighted by atomic mass is 10.0. The van der Waals surface area contributed by atoms with Crippen molar-refractivity contribution < 1.29 is 0 Å². The second-order valence-electron chi connectivity index (χ2n) is 9.08. The number of benzene rings is 6. The Hall–Kier alpha value is -4.88. The van der Waals surface area contributed by atoms with E-state index in [1.165, 1.54) is 33.4 Å². The molecule has 0 fully saturated rings. The third-order valence-electron chi connectivity index (χ3n) is 6.68. The molecule has 176 valence electrons. The average molecular weight is 474 g/mol. The highest BCUT2D eigenvalue weighted by Gasteiger charge is 2.14. The van der Waals surface area contributed by atoms with E-state index < -0.39 is 0 Å². The molecule has 37 heavy (non-hydrogen) atoms. The highest BCUT2D eigenvalue weighted by atomic mass is 15.1. The normalized spacial score (nSPS) is 10.7. The highest BCUT2D eigenvalue weighted by molar-refractivity contribution is 5.82. The van der Waals surface area contributed by atoms with Gasteiger partial charge in [0.25, 0.3) is 0 Å². The molecule has 6 aromatic carbocycles. The summed E-state index contributed by atoms with van der Waals surface area (Å²) in [6.07, 6.45) is 0. The predicted molar refractivity (Wildman–Crippen MR) is 157 cm³/mol. The Bertz CT molecular complexity index is 1490. The van der Waals surface area contributed by atoms with E-state index in [1.54, 1.807) is 0 Å². The van der Waals surface area contributed by atoms with E-state index in [4.69, 9.17) is 0 Å². The zero-order valence-electron chi connectivity index (χ0n) is 20.5. The monoisotopic (exact) mass is 473 g/mol. The Morgan fingerprint density at radius 2 is 0.595 bits per heavy atom. The van der Waals surface area contributed by atoms with Gasteiger partial charge in [-0.3, -0.25) is 0 Å². The van der Waals surface area contributed by atoms with Crippen LogP contribution in [0.15, 0.2) is 164 Å². The van der Waals surface area contributed by atoms with E-state index in [2.05, 4.69) is 169 Å². The molecule has 0 saturated carbocycles. The standard InChI is InChI=1S/C36H27N/c1-4-11-28(12-5-1)31-19-23-34(24-20-31)37(35-25-21-32(22-26-35)29-13-6-2-7-14-29)36-18-10-17-33(27-36)30-15-8-3-9-16-30/h1-27H. The summed E-state index contributed by atoms with van der Waals surface area (Å²) in [5.74, 6) is 0. The first-order chi connectivity index (χ1) is 18.3. The summed E-state index contributed by atoms with van der Waals surface area (Å²) >= 11 is 0. The smallest absolute Gasteiger partial charge is 0.0467 e. The predicted octanol–water partition coefficient (Wildman–Crippen LogP) is 10.2. The van der Waals surface area contributed by atoms with Gasteiger partial charge in [-0.05, 0) is 69.8 Å². The Kier molecular flexibility index (Phi) is 6.34. The molecule has 1 heteroatoms. The van der Waals surface area contributed by atoms with Crippen molar-refractivity contribution in [1.29, 1.82) is 0 Å². The van der Waals surface area contributed by atoms with Gasteiger partial charge < -0.3 is 4.90 Å². The highest BCUT2D eigenvalue weighted by Crippen LogP contribution is 2.38. The average Bonchev–Trinajstić information content (AvgIpc) is 3.00. The fourth-order valence-corrected chi connectivity index (χ4v) is 4.77. The van der Waals surface area contributed by atoms with Crippen LogP contribution in [0.3, 0.4) is 0 Å². The number of rotatable bonds is 6. The number of anilines is 3. The van der Waals surface area contributed by atoms with Gasteiger partial charge in [0, 0.05) is 17.1 Å². The van der Waals surface area contributed by atoms with Gasteiger partial charge in [0.1, 0.15) is 0 Å². The van der Waals surface area contributed by atoms with Gasteiger partial charge in [-0.25, -0.2) is 0 Å². The lowest BCUT2D eigenvalue weighted by Crippen LogP contribution is -2.10. The van der Waals surface area contributed by atoms with Crippen molar-refractivity contribution in [2.75, 3.05) is 4.90 Å². The Morgan fingerprint density at radius 1 is 0.243 bits per heavy atom. The van der Waals surface area contributed by atoms with Gasteiger partial charge >= 0.3 is 0 Å². The fourth-order valence-electron chi connectivity index (χ4n) is 4.77. The van der Waals surface area contributed by atoms with Crippen LogP contribution in [0.1, 0.15) is 0 Å². The third-order valence-corrected chi connectivity index (χ3v) is 6.68. The molecule has 6 aromatic rings. The van der Waals surface area contributed by atoms with Crippen LogP contribution in [0.25, 0.3) is 33.4 Å². The van der Waals surface area contributed by atoms with Gasteiger partial charge in [0.05, 0.1) is 0 Å². The maximum absolute atomic E-state index is 2.33. The van der Waals surface area contributed by atoms with Crippen LogP contribution in [-0.2, 0) is 0 Å². The Morgan fingerprint density at radius 3 is 1.03 bits per heavy atom. The Labute approximate surface area is 218 Å². The van der Waals surface area contributed by atoms with E-state index >= 15 is 0 Å². The van der Waals surface area contributed by atoms with Gasteiger partial charge in [-0.2, -0.15) is 0 Å². The molecular formula is C36H27N. The minimum absolute atomic E-state index is 1.12. The van der Waals surface area contributed by atoms with Crippen molar-refractivity contribution in [1.82, 2.24) is 0 Å². The summed E-state index contributed by atoms with van der Waals surface area (Å²) in [6.45, 7) is 0. The van der Waals surface area contributed by atoms with Crippen molar-refractivity contribution >= 4 is 17.1 Å². The second kappa shape index (κ2) is 10.4. The van der Waals surface area contributed by atoms with Crippen LogP contribution in [0, 0.1) is 0 Å². The molecule has 0 spiro atoms. The third kappa shape index (κ3) is 4.94. The SMILES string of the molecule is c1ccc(-c2ccc(N(c3ccc(-c4ccccc4)cc3)c3cccc(-c4ccccc4)c3)cc2)cc1. The molecule has 0 aliphatic heterocycles. The van der Waals surface area contributed by atoms with Crippen LogP contribution in [-0.4, -0.2) is 0 Å². The summed E-state index contributed by atoms with van der Waals surface area (Å²) in [6, 6.07) is 58.0. The van der Waals surface area contributed by atoms with Gasteiger partial charge in [0.2, 0.25) is 0 Å². The van der Waals surface area contributed by atoms with Gasteiger partial charge in [-0.15, -0.1) is 0 Å². The Balaban J connectivity index is 1.42. The molecule has 0 unspecified atom stereocenters. The van der Waals surface area contributed by atoms with Crippen LogP contribution in [0.5, 0.6) is 0 Å². The van der Waals surface area contributed by atoms with Crippen LogP contribution in [0.2, 0.25) is 0 Å². The molecule has 0 aromatic heterocycles. The summed E-state index contributed by atoms with van der Waals surface area (Å²) in [7, 11) is 0. The maximum Gasteiger partial charge on any atom is 0.0467 e. The van der Waals surface area contributed by atoms with Crippen molar-refractivity contribution in [3.05, 3.63) is 164 Å². The van der Waals surface area contributed by atoms with Crippen molar-refractivity contribution in [3.63, 3.8) is 0 Å². The number of hydrogen-bond acceptors (Lipinski definition) is 1. The quantitative estimate of drug-likeness (QED) is 0.233. The summed E-state index contributed by atoms with van der Waals surface area (Å²) < 4.78 is 0. The van der Waals surface area contributed by atoms with Gasteiger partial charge in [0.15, 0.2) is 0 Å². The molecule has 0 bridgehead atoms.